The standard InChI is InChI=1S/C25H39N5O5/c1-25(2,3)35-24(34)27-19(15-7-4-5-8-15)12-21(32)30-13-18-20(14-30)28-29-22(18)23(33)26-16-9-6-10-17(31)11-16/h15-17,19,31H,4-14H2,1-3H3,(H,26,33)(H,27,34)(H,28,29)/t16-,17+,19?/m0/s1. The first-order valence-electron chi connectivity index (χ1n) is 12.9. The number of ether oxygens (including phenoxy) is 1. The molecule has 2 fully saturated rings. The summed E-state index contributed by atoms with van der Waals surface area (Å²) in [5.74, 6) is -0.0867. The zero-order valence-electron chi connectivity index (χ0n) is 21.1. The molecule has 1 unspecified atom stereocenters. The Hall–Kier alpha value is -2.62. The van der Waals surface area contributed by atoms with Gasteiger partial charge >= 0.3 is 6.09 Å². The molecule has 0 bridgehead atoms. The number of nitrogens with zero attached hydrogens (tertiary/aromatic N) is 2. The molecule has 35 heavy (non-hydrogen) atoms. The summed E-state index contributed by atoms with van der Waals surface area (Å²) in [7, 11) is 0. The Bertz CT molecular complexity index is 933. The minimum atomic E-state index is -0.605. The molecule has 10 nitrogen and oxygen atoms in total. The van der Waals surface area contributed by atoms with Crippen molar-refractivity contribution in [3.05, 3.63) is 17.0 Å². The number of aromatic nitrogens is 2. The average Bonchev–Trinajstić information content (AvgIpc) is 3.49. The Morgan fingerprint density at radius 2 is 1.89 bits per heavy atom. The van der Waals surface area contributed by atoms with E-state index in [4.69, 9.17) is 4.74 Å². The first-order valence-corrected chi connectivity index (χ1v) is 12.9. The number of carbonyl (C=O) groups is 3. The molecule has 3 amide bonds. The van der Waals surface area contributed by atoms with E-state index in [1.165, 1.54) is 0 Å². The second kappa shape index (κ2) is 10.6. The number of nitrogens with one attached hydrogen (secondary N) is 3. The van der Waals surface area contributed by atoms with Gasteiger partial charge in [0, 0.05) is 24.1 Å². The molecule has 0 saturated heterocycles. The lowest BCUT2D eigenvalue weighted by atomic mass is 9.93. The molecule has 10 heteroatoms. The Morgan fingerprint density at radius 1 is 1.14 bits per heavy atom. The number of carbonyl (C=O) groups excluding carboxylic acids is 3. The fourth-order valence-electron chi connectivity index (χ4n) is 5.52. The van der Waals surface area contributed by atoms with Crippen molar-refractivity contribution in [2.45, 2.75) is 115 Å². The predicted octanol–water partition coefficient (Wildman–Crippen LogP) is 2.76. The SMILES string of the molecule is CC(C)(C)OC(=O)NC(CC(=O)N1Cc2[nH]nc(C(=O)N[C@H]3CCC[C@@H](O)C3)c2C1)C1CCCC1. The zero-order chi connectivity index (χ0) is 25.2. The van der Waals surface area contributed by atoms with Gasteiger partial charge in [-0.15, -0.1) is 0 Å². The number of H-pyrrole nitrogens is 1. The highest BCUT2D eigenvalue weighted by Gasteiger charge is 2.35. The molecule has 4 N–H and O–H groups in total. The molecule has 2 heterocycles. The van der Waals surface area contributed by atoms with Crippen molar-refractivity contribution >= 4 is 17.9 Å². The first kappa shape index (κ1) is 25.5. The largest absolute Gasteiger partial charge is 0.444 e. The molecule has 0 aromatic carbocycles. The van der Waals surface area contributed by atoms with E-state index >= 15 is 0 Å². The number of rotatable bonds is 6. The first-order chi connectivity index (χ1) is 16.6. The van der Waals surface area contributed by atoms with Gasteiger partial charge in [-0.3, -0.25) is 14.7 Å². The van der Waals surface area contributed by atoms with Gasteiger partial charge < -0.3 is 25.4 Å². The van der Waals surface area contributed by atoms with Gasteiger partial charge in [0.2, 0.25) is 5.91 Å². The van der Waals surface area contributed by atoms with Crippen LogP contribution in [0.3, 0.4) is 0 Å². The molecule has 194 valence electrons. The van der Waals surface area contributed by atoms with Crippen LogP contribution in [0.5, 0.6) is 0 Å². The van der Waals surface area contributed by atoms with Crippen LogP contribution >= 0.6 is 0 Å². The maximum Gasteiger partial charge on any atom is 0.407 e. The van der Waals surface area contributed by atoms with Gasteiger partial charge in [-0.25, -0.2) is 4.79 Å². The van der Waals surface area contributed by atoms with Gasteiger partial charge in [-0.05, 0) is 65.2 Å². The molecule has 3 aliphatic rings. The van der Waals surface area contributed by atoms with Crippen LogP contribution in [0.15, 0.2) is 0 Å². The number of hydrogen-bond donors (Lipinski definition) is 4. The summed E-state index contributed by atoms with van der Waals surface area (Å²) in [5.41, 5.74) is 1.22. The van der Waals surface area contributed by atoms with Crippen molar-refractivity contribution in [1.29, 1.82) is 0 Å². The summed E-state index contributed by atoms with van der Waals surface area (Å²) in [6.07, 6.45) is 6.53. The summed E-state index contributed by atoms with van der Waals surface area (Å²) in [4.78, 5) is 40.3. The van der Waals surface area contributed by atoms with Gasteiger partial charge in [-0.1, -0.05) is 12.8 Å². The van der Waals surface area contributed by atoms with Gasteiger partial charge in [0.25, 0.3) is 5.91 Å². The monoisotopic (exact) mass is 489 g/mol. The maximum atomic E-state index is 13.3. The number of aliphatic hydroxyl groups is 1. The number of aliphatic hydroxyl groups excluding tert-OH is 1. The second-order valence-electron chi connectivity index (χ2n) is 11.3. The third kappa shape index (κ3) is 6.54. The topological polar surface area (TPSA) is 137 Å². The molecule has 1 aliphatic heterocycles. The number of fused-ring (bicyclic) bond motifs is 1. The minimum Gasteiger partial charge on any atom is -0.444 e. The molecular formula is C25H39N5O5. The lowest BCUT2D eigenvalue weighted by molar-refractivity contribution is -0.132. The molecule has 4 rings (SSSR count). The number of alkyl carbamates (subject to hydrolysis) is 1. The van der Waals surface area contributed by atoms with E-state index < -0.39 is 11.7 Å². The molecule has 0 radical (unpaired) electrons. The van der Waals surface area contributed by atoms with Crippen molar-refractivity contribution in [3.8, 4) is 0 Å². The Balaban J connectivity index is 1.36. The van der Waals surface area contributed by atoms with Crippen LogP contribution in [0.1, 0.15) is 100 Å². The second-order valence-corrected chi connectivity index (χ2v) is 11.3. The van der Waals surface area contributed by atoms with Crippen LogP contribution in [0, 0.1) is 5.92 Å². The Labute approximate surface area is 206 Å². The molecule has 2 saturated carbocycles. The predicted molar refractivity (Wildman–Crippen MR) is 128 cm³/mol. The smallest absolute Gasteiger partial charge is 0.407 e. The fraction of sp³-hybridized carbons (Fsp3) is 0.760. The van der Waals surface area contributed by atoms with E-state index in [1.807, 2.05) is 20.8 Å². The Kier molecular flexibility index (Phi) is 7.68. The van der Waals surface area contributed by atoms with Gasteiger partial charge in [0.15, 0.2) is 5.69 Å². The van der Waals surface area contributed by atoms with E-state index in [-0.39, 0.29) is 42.3 Å². The fourth-order valence-corrected chi connectivity index (χ4v) is 5.52. The van der Waals surface area contributed by atoms with Crippen molar-refractivity contribution in [2.75, 3.05) is 0 Å². The molecular weight excluding hydrogens is 450 g/mol. The lowest BCUT2D eigenvalue weighted by Crippen LogP contribution is -2.45. The molecule has 1 aromatic heterocycles. The van der Waals surface area contributed by atoms with Crippen LogP contribution in [-0.2, 0) is 22.6 Å². The van der Waals surface area contributed by atoms with Crippen LogP contribution in [0.2, 0.25) is 0 Å². The van der Waals surface area contributed by atoms with Gasteiger partial charge in [-0.2, -0.15) is 5.10 Å². The van der Waals surface area contributed by atoms with E-state index in [2.05, 4.69) is 20.8 Å². The van der Waals surface area contributed by atoms with E-state index in [1.54, 1.807) is 4.90 Å². The van der Waals surface area contributed by atoms with Crippen LogP contribution < -0.4 is 10.6 Å². The van der Waals surface area contributed by atoms with E-state index in [0.29, 0.717) is 25.2 Å². The minimum absolute atomic E-state index is 0.0654. The number of hydrogen-bond acceptors (Lipinski definition) is 6. The van der Waals surface area contributed by atoms with Gasteiger partial charge in [0.1, 0.15) is 5.60 Å². The Morgan fingerprint density at radius 3 is 2.57 bits per heavy atom. The van der Waals surface area contributed by atoms with Crippen molar-refractivity contribution < 1.29 is 24.2 Å². The third-order valence-corrected chi connectivity index (χ3v) is 7.27. The van der Waals surface area contributed by atoms with Crippen molar-refractivity contribution in [1.82, 2.24) is 25.7 Å². The van der Waals surface area contributed by atoms with E-state index in [0.717, 1.165) is 56.2 Å². The number of aromatic amines is 1. The zero-order valence-corrected chi connectivity index (χ0v) is 21.1. The molecule has 3 atom stereocenters. The number of amides is 3. The lowest BCUT2D eigenvalue weighted by Gasteiger charge is -2.28. The average molecular weight is 490 g/mol. The highest BCUT2D eigenvalue weighted by molar-refractivity contribution is 5.94. The molecule has 1 aromatic rings. The normalized spacial score (nSPS) is 23.6. The molecule has 0 spiro atoms. The summed E-state index contributed by atoms with van der Waals surface area (Å²) in [6, 6.07) is -0.346. The molecule has 2 aliphatic carbocycles. The highest BCUT2D eigenvalue weighted by atomic mass is 16.6. The van der Waals surface area contributed by atoms with Gasteiger partial charge in [0.05, 0.1) is 24.9 Å². The van der Waals surface area contributed by atoms with Crippen LogP contribution in [0.25, 0.3) is 0 Å². The van der Waals surface area contributed by atoms with E-state index in [9.17, 15) is 19.5 Å². The summed E-state index contributed by atoms with van der Waals surface area (Å²) >= 11 is 0. The van der Waals surface area contributed by atoms with Crippen LogP contribution in [0.4, 0.5) is 4.79 Å². The maximum absolute atomic E-state index is 13.3. The van der Waals surface area contributed by atoms with Crippen molar-refractivity contribution in [3.63, 3.8) is 0 Å². The summed E-state index contributed by atoms with van der Waals surface area (Å²) in [6.45, 7) is 6.13. The van der Waals surface area contributed by atoms with Crippen LogP contribution in [-0.4, -0.2) is 61.9 Å². The quantitative estimate of drug-likeness (QED) is 0.485. The van der Waals surface area contributed by atoms with Crippen molar-refractivity contribution in [2.24, 2.45) is 5.92 Å². The third-order valence-electron chi connectivity index (χ3n) is 7.27. The summed E-state index contributed by atoms with van der Waals surface area (Å²) in [5, 5.41) is 22.9. The summed E-state index contributed by atoms with van der Waals surface area (Å²) < 4.78 is 5.44. The highest BCUT2D eigenvalue weighted by Crippen LogP contribution is 2.31.